The predicted molar refractivity (Wildman–Crippen MR) is 88.0 cm³/mol. The molecule has 2 rings (SSSR count). The standard InChI is InChI=1S/C17H16ClNO4/c1-11(23-17(21)12-5-3-6-13(18)9-12)16(20)19-14-7-4-8-15(10-14)22-2/h3-11H,1-2H3,(H,19,20)/t11-/m0/s1. The smallest absolute Gasteiger partial charge is 0.338 e. The van der Waals surface area contributed by atoms with E-state index >= 15 is 0 Å². The van der Waals surface area contributed by atoms with Crippen molar-refractivity contribution in [1.82, 2.24) is 0 Å². The van der Waals surface area contributed by atoms with E-state index in [9.17, 15) is 9.59 Å². The fraction of sp³-hybridized carbons (Fsp3) is 0.176. The van der Waals surface area contributed by atoms with Crippen molar-refractivity contribution >= 4 is 29.2 Å². The maximum Gasteiger partial charge on any atom is 0.338 e. The summed E-state index contributed by atoms with van der Waals surface area (Å²) in [5.41, 5.74) is 0.846. The Labute approximate surface area is 139 Å². The van der Waals surface area contributed by atoms with E-state index < -0.39 is 18.0 Å². The lowest BCUT2D eigenvalue weighted by Crippen LogP contribution is -2.30. The Morgan fingerprint density at radius 2 is 1.87 bits per heavy atom. The average molecular weight is 334 g/mol. The number of carbonyl (C=O) groups is 2. The van der Waals surface area contributed by atoms with Crippen LogP contribution in [-0.4, -0.2) is 25.1 Å². The summed E-state index contributed by atoms with van der Waals surface area (Å²) in [7, 11) is 1.54. The molecule has 5 nitrogen and oxygen atoms in total. The van der Waals surface area contributed by atoms with E-state index in [0.717, 1.165) is 0 Å². The molecule has 0 aliphatic carbocycles. The van der Waals surface area contributed by atoms with Crippen molar-refractivity contribution in [3.63, 3.8) is 0 Å². The summed E-state index contributed by atoms with van der Waals surface area (Å²) in [5, 5.41) is 3.09. The second-order valence-corrected chi connectivity index (χ2v) is 5.22. The molecule has 0 aliphatic rings. The maximum atomic E-state index is 12.1. The van der Waals surface area contributed by atoms with Gasteiger partial charge in [0.1, 0.15) is 5.75 Å². The minimum atomic E-state index is -0.951. The van der Waals surface area contributed by atoms with E-state index in [1.807, 2.05) is 0 Å². The highest BCUT2D eigenvalue weighted by atomic mass is 35.5. The van der Waals surface area contributed by atoms with Gasteiger partial charge in [0.25, 0.3) is 5.91 Å². The van der Waals surface area contributed by atoms with Crippen LogP contribution in [0.1, 0.15) is 17.3 Å². The van der Waals surface area contributed by atoms with Gasteiger partial charge in [-0.15, -0.1) is 0 Å². The van der Waals surface area contributed by atoms with E-state index in [-0.39, 0.29) is 0 Å². The number of hydrogen-bond donors (Lipinski definition) is 1. The lowest BCUT2D eigenvalue weighted by Gasteiger charge is -2.14. The van der Waals surface area contributed by atoms with Crippen LogP contribution in [0.4, 0.5) is 5.69 Å². The first-order chi connectivity index (χ1) is 11.0. The van der Waals surface area contributed by atoms with Gasteiger partial charge in [-0.1, -0.05) is 23.7 Å². The van der Waals surface area contributed by atoms with Gasteiger partial charge in [-0.05, 0) is 37.3 Å². The second-order valence-electron chi connectivity index (χ2n) is 4.78. The van der Waals surface area contributed by atoms with Crippen LogP contribution < -0.4 is 10.1 Å². The molecule has 23 heavy (non-hydrogen) atoms. The normalized spacial score (nSPS) is 11.4. The first-order valence-electron chi connectivity index (χ1n) is 6.91. The zero-order valence-electron chi connectivity index (χ0n) is 12.7. The number of rotatable bonds is 5. The number of hydrogen-bond acceptors (Lipinski definition) is 4. The van der Waals surface area contributed by atoms with Crippen LogP contribution >= 0.6 is 11.6 Å². The van der Waals surface area contributed by atoms with Crippen LogP contribution in [0.15, 0.2) is 48.5 Å². The van der Waals surface area contributed by atoms with Crippen LogP contribution in [0.5, 0.6) is 5.75 Å². The van der Waals surface area contributed by atoms with Gasteiger partial charge in [-0.3, -0.25) is 4.79 Å². The number of anilines is 1. The largest absolute Gasteiger partial charge is 0.497 e. The molecular weight excluding hydrogens is 318 g/mol. The maximum absolute atomic E-state index is 12.1. The first-order valence-corrected chi connectivity index (χ1v) is 7.29. The minimum absolute atomic E-state index is 0.290. The van der Waals surface area contributed by atoms with Crippen molar-refractivity contribution < 1.29 is 19.1 Å². The topological polar surface area (TPSA) is 64.6 Å². The number of benzene rings is 2. The fourth-order valence-electron chi connectivity index (χ4n) is 1.84. The quantitative estimate of drug-likeness (QED) is 0.850. The van der Waals surface area contributed by atoms with Crippen molar-refractivity contribution in [2.24, 2.45) is 0 Å². The Morgan fingerprint density at radius 1 is 1.13 bits per heavy atom. The Bertz CT molecular complexity index is 717. The van der Waals surface area contributed by atoms with Crippen molar-refractivity contribution in [2.75, 3.05) is 12.4 Å². The summed E-state index contributed by atoms with van der Waals surface area (Å²) < 4.78 is 10.2. The molecular formula is C17H16ClNO4. The van der Waals surface area contributed by atoms with Crippen molar-refractivity contribution in [3.05, 3.63) is 59.1 Å². The Morgan fingerprint density at radius 3 is 2.57 bits per heavy atom. The lowest BCUT2D eigenvalue weighted by atomic mass is 10.2. The molecule has 0 radical (unpaired) electrons. The van der Waals surface area contributed by atoms with E-state index in [4.69, 9.17) is 21.1 Å². The molecule has 0 aliphatic heterocycles. The molecule has 0 aromatic heterocycles. The zero-order chi connectivity index (χ0) is 16.8. The summed E-state index contributed by atoms with van der Waals surface area (Å²) in [5.74, 6) is -0.430. The van der Waals surface area contributed by atoms with Gasteiger partial charge in [0.15, 0.2) is 6.10 Å². The van der Waals surface area contributed by atoms with Gasteiger partial charge in [-0.25, -0.2) is 4.79 Å². The van der Waals surface area contributed by atoms with Crippen LogP contribution in [0.2, 0.25) is 5.02 Å². The number of methoxy groups -OCH3 is 1. The molecule has 2 aromatic carbocycles. The highest BCUT2D eigenvalue weighted by Gasteiger charge is 2.19. The molecule has 0 unspecified atom stereocenters. The predicted octanol–water partition coefficient (Wildman–Crippen LogP) is 3.53. The molecule has 2 aromatic rings. The molecule has 0 saturated heterocycles. The van der Waals surface area contributed by atoms with Crippen LogP contribution in [0.3, 0.4) is 0 Å². The summed E-state index contributed by atoms with van der Waals surface area (Å²) in [6.45, 7) is 1.50. The third-order valence-electron chi connectivity index (χ3n) is 3.05. The number of nitrogens with one attached hydrogen (secondary N) is 1. The van der Waals surface area contributed by atoms with E-state index in [1.54, 1.807) is 42.5 Å². The molecule has 0 spiro atoms. The summed E-state index contributed by atoms with van der Waals surface area (Å²) in [4.78, 5) is 24.1. The molecule has 0 saturated carbocycles. The molecule has 0 bridgehead atoms. The Balaban J connectivity index is 1.98. The number of carbonyl (C=O) groups excluding carboxylic acids is 2. The molecule has 0 heterocycles. The van der Waals surface area contributed by atoms with E-state index in [2.05, 4.69) is 5.32 Å². The summed E-state index contributed by atoms with van der Waals surface area (Å²) >= 11 is 5.82. The highest BCUT2D eigenvalue weighted by molar-refractivity contribution is 6.30. The highest BCUT2D eigenvalue weighted by Crippen LogP contribution is 2.17. The molecule has 1 atom stereocenters. The SMILES string of the molecule is COc1cccc(NC(=O)[C@H](C)OC(=O)c2cccc(Cl)c2)c1. The van der Waals surface area contributed by atoms with Crippen molar-refractivity contribution in [2.45, 2.75) is 13.0 Å². The third kappa shape index (κ3) is 4.72. The number of amides is 1. The monoisotopic (exact) mass is 333 g/mol. The van der Waals surface area contributed by atoms with E-state index in [1.165, 1.54) is 20.1 Å². The summed E-state index contributed by atoms with van der Waals surface area (Å²) in [6.07, 6.45) is -0.951. The van der Waals surface area contributed by atoms with Gasteiger partial charge in [0.2, 0.25) is 0 Å². The second kappa shape index (κ2) is 7.65. The first kappa shape index (κ1) is 16.8. The van der Waals surface area contributed by atoms with Crippen molar-refractivity contribution in [1.29, 1.82) is 0 Å². The van der Waals surface area contributed by atoms with Crippen LogP contribution in [-0.2, 0) is 9.53 Å². The van der Waals surface area contributed by atoms with Gasteiger partial charge >= 0.3 is 5.97 Å². The van der Waals surface area contributed by atoms with Crippen LogP contribution in [0.25, 0.3) is 0 Å². The van der Waals surface area contributed by atoms with Gasteiger partial charge in [0.05, 0.1) is 12.7 Å². The van der Waals surface area contributed by atoms with Gasteiger partial charge < -0.3 is 14.8 Å². The third-order valence-corrected chi connectivity index (χ3v) is 3.29. The number of esters is 1. The van der Waals surface area contributed by atoms with Gasteiger partial charge in [-0.2, -0.15) is 0 Å². The summed E-state index contributed by atoms with van der Waals surface area (Å²) in [6, 6.07) is 13.2. The molecule has 6 heteroatoms. The van der Waals surface area contributed by atoms with Crippen LogP contribution in [0, 0.1) is 0 Å². The Hall–Kier alpha value is -2.53. The molecule has 1 amide bonds. The van der Waals surface area contributed by atoms with Crippen molar-refractivity contribution in [3.8, 4) is 5.75 Å². The number of halogens is 1. The van der Waals surface area contributed by atoms with Gasteiger partial charge in [0, 0.05) is 16.8 Å². The zero-order valence-corrected chi connectivity index (χ0v) is 13.5. The molecule has 0 fully saturated rings. The average Bonchev–Trinajstić information content (AvgIpc) is 2.54. The molecule has 120 valence electrons. The fourth-order valence-corrected chi connectivity index (χ4v) is 2.03. The molecule has 1 N–H and O–H groups in total. The van der Waals surface area contributed by atoms with E-state index in [0.29, 0.717) is 22.0 Å². The Kier molecular flexibility index (Phi) is 5.60. The lowest BCUT2D eigenvalue weighted by molar-refractivity contribution is -0.123. The minimum Gasteiger partial charge on any atom is -0.497 e. The number of ether oxygens (including phenoxy) is 2.